The van der Waals surface area contributed by atoms with Gasteiger partial charge < -0.3 is 30.1 Å². The Labute approximate surface area is 288 Å². The number of urea groups is 1. The van der Waals surface area contributed by atoms with Crippen LogP contribution in [0.5, 0.6) is 0 Å². The van der Waals surface area contributed by atoms with Gasteiger partial charge in [0.25, 0.3) is 5.91 Å². The molecule has 2 aromatic rings. The molecule has 3 saturated heterocycles. The number of anilines is 1. The molecule has 6 rings (SSSR count). The zero-order chi connectivity index (χ0) is 32.2. The molecule has 2 aromatic carbocycles. The van der Waals surface area contributed by atoms with E-state index in [1.54, 1.807) is 4.90 Å². The Morgan fingerprint density at radius 2 is 1.52 bits per heavy atom. The number of benzene rings is 2. The Kier molecular flexibility index (Phi) is 10.9. The van der Waals surface area contributed by atoms with E-state index in [0.29, 0.717) is 58.0 Å². The zero-order valence-corrected chi connectivity index (χ0v) is 29.7. The van der Waals surface area contributed by atoms with Crippen LogP contribution in [0, 0.1) is 6.92 Å². The van der Waals surface area contributed by atoms with Crippen molar-refractivity contribution in [3.63, 3.8) is 0 Å². The number of piperidine rings is 2. The molecule has 2 N–H and O–H groups in total. The van der Waals surface area contributed by atoms with E-state index in [1.807, 2.05) is 47.1 Å². The predicted octanol–water partition coefficient (Wildman–Crippen LogP) is 5.02. The molecule has 4 amide bonds. The van der Waals surface area contributed by atoms with Gasteiger partial charge in [-0.2, -0.15) is 0 Å². The second kappa shape index (κ2) is 15.0. The average molecular weight is 761 g/mol. The number of ether oxygens (including phenoxy) is 1. The van der Waals surface area contributed by atoms with Crippen molar-refractivity contribution in [3.05, 3.63) is 62.0 Å². The van der Waals surface area contributed by atoms with E-state index in [2.05, 4.69) is 53.5 Å². The van der Waals surface area contributed by atoms with Crippen LogP contribution in [0.3, 0.4) is 0 Å². The fourth-order valence-corrected chi connectivity index (χ4v) is 8.49. The topological polar surface area (TPSA) is 97.5 Å². The third-order valence-electron chi connectivity index (χ3n) is 10.0. The minimum atomic E-state index is -0.919. The van der Waals surface area contributed by atoms with E-state index in [1.165, 1.54) is 0 Å². The smallest absolute Gasteiger partial charge is 0.410 e. The molecule has 46 heavy (non-hydrogen) atoms. The van der Waals surface area contributed by atoms with Crippen LogP contribution in [-0.2, 0) is 22.4 Å². The number of rotatable bonds is 6. The highest BCUT2D eigenvalue weighted by atomic mass is 79.9. The Bertz CT molecular complexity index is 1400. The van der Waals surface area contributed by atoms with Crippen LogP contribution in [0.1, 0.15) is 42.4 Å². The van der Waals surface area contributed by atoms with Crippen molar-refractivity contribution in [2.24, 2.45) is 0 Å². The van der Waals surface area contributed by atoms with Crippen molar-refractivity contribution in [1.82, 2.24) is 24.9 Å². The Morgan fingerprint density at radius 3 is 2.22 bits per heavy atom. The number of hydrogen-bond acceptors (Lipinski definition) is 6. The molecular formula is C34H44Br2N6O4. The van der Waals surface area contributed by atoms with Gasteiger partial charge in [-0.1, -0.05) is 50.1 Å². The summed E-state index contributed by atoms with van der Waals surface area (Å²) in [6.45, 7) is 9.03. The summed E-state index contributed by atoms with van der Waals surface area (Å²) in [5.41, 5.74) is 3.99. The summed E-state index contributed by atoms with van der Waals surface area (Å²) in [5, 5.41) is 6.47. The summed E-state index contributed by atoms with van der Waals surface area (Å²) in [4.78, 5) is 48.7. The quantitative estimate of drug-likeness (QED) is 0.430. The van der Waals surface area contributed by atoms with Gasteiger partial charge in [-0.3, -0.25) is 9.69 Å². The second-order valence-electron chi connectivity index (χ2n) is 12.9. The number of amides is 4. The lowest BCUT2D eigenvalue weighted by Gasteiger charge is -2.41. The number of carbonyl (C=O) groups is 3. The molecule has 0 aliphatic carbocycles. The number of para-hydroxylation sites is 1. The van der Waals surface area contributed by atoms with Crippen LogP contribution in [0.2, 0.25) is 0 Å². The van der Waals surface area contributed by atoms with Gasteiger partial charge >= 0.3 is 12.1 Å². The van der Waals surface area contributed by atoms with Crippen molar-refractivity contribution < 1.29 is 19.1 Å². The SMILES string of the molecule is Cc1c(Br)cc(CC(OC(=O)N2CCC(N3CCc4ccccc4NC3=O)CC2)C(=O)N2CCC(N3CCNCC3)CC2)cc1Br. The molecule has 3 fully saturated rings. The molecule has 0 aromatic heterocycles. The van der Waals surface area contributed by atoms with Crippen molar-refractivity contribution >= 4 is 55.6 Å². The molecule has 1 unspecified atom stereocenters. The van der Waals surface area contributed by atoms with Gasteiger partial charge in [0.05, 0.1) is 0 Å². The Morgan fingerprint density at radius 1 is 0.891 bits per heavy atom. The van der Waals surface area contributed by atoms with Crippen LogP contribution < -0.4 is 10.6 Å². The van der Waals surface area contributed by atoms with Gasteiger partial charge in [0.15, 0.2) is 6.10 Å². The fourth-order valence-electron chi connectivity index (χ4n) is 7.21. The molecule has 1 atom stereocenters. The lowest BCUT2D eigenvalue weighted by Crippen LogP contribution is -2.54. The maximum atomic E-state index is 14.0. The minimum Gasteiger partial charge on any atom is -0.436 e. The lowest BCUT2D eigenvalue weighted by atomic mass is 10.00. The molecule has 0 spiro atoms. The number of fused-ring (bicyclic) bond motifs is 1. The molecule has 4 aliphatic rings. The highest BCUT2D eigenvalue weighted by molar-refractivity contribution is 9.11. The summed E-state index contributed by atoms with van der Waals surface area (Å²) < 4.78 is 7.96. The molecule has 12 heteroatoms. The first-order chi connectivity index (χ1) is 22.3. The Balaban J connectivity index is 1.09. The molecular weight excluding hydrogens is 716 g/mol. The summed E-state index contributed by atoms with van der Waals surface area (Å²) in [5.74, 6) is -0.129. The van der Waals surface area contributed by atoms with E-state index in [4.69, 9.17) is 4.74 Å². The molecule has 4 aliphatic heterocycles. The van der Waals surface area contributed by atoms with Crippen molar-refractivity contribution in [1.29, 1.82) is 0 Å². The number of piperazine rings is 1. The van der Waals surface area contributed by atoms with E-state index in [-0.39, 0.29) is 18.0 Å². The van der Waals surface area contributed by atoms with Gasteiger partial charge in [0, 0.05) is 92.0 Å². The third-order valence-corrected chi connectivity index (χ3v) is 11.7. The molecule has 4 heterocycles. The van der Waals surface area contributed by atoms with Gasteiger partial charge in [-0.25, -0.2) is 9.59 Å². The highest BCUT2D eigenvalue weighted by Crippen LogP contribution is 2.29. The number of hydrogen-bond donors (Lipinski definition) is 2. The first kappa shape index (κ1) is 33.2. The minimum absolute atomic E-state index is 0.0371. The molecule has 10 nitrogen and oxygen atoms in total. The lowest BCUT2D eigenvalue weighted by molar-refractivity contribution is -0.142. The summed E-state index contributed by atoms with van der Waals surface area (Å²) in [6, 6.07) is 12.4. The fraction of sp³-hybridized carbons (Fsp3) is 0.559. The second-order valence-corrected chi connectivity index (χ2v) is 14.6. The number of likely N-dealkylation sites (tertiary alicyclic amines) is 2. The zero-order valence-electron chi connectivity index (χ0n) is 26.5. The van der Waals surface area contributed by atoms with Crippen LogP contribution >= 0.6 is 31.9 Å². The van der Waals surface area contributed by atoms with Crippen molar-refractivity contribution in [3.8, 4) is 0 Å². The maximum Gasteiger partial charge on any atom is 0.410 e. The van der Waals surface area contributed by atoms with Gasteiger partial charge in [0.2, 0.25) is 0 Å². The first-order valence-electron chi connectivity index (χ1n) is 16.6. The van der Waals surface area contributed by atoms with E-state index in [0.717, 1.165) is 76.8 Å². The number of halogens is 2. The van der Waals surface area contributed by atoms with Crippen molar-refractivity contribution in [2.45, 2.75) is 63.6 Å². The number of nitrogens with zero attached hydrogens (tertiary/aromatic N) is 4. The monoisotopic (exact) mass is 758 g/mol. The summed E-state index contributed by atoms with van der Waals surface area (Å²) >= 11 is 7.26. The van der Waals surface area contributed by atoms with Crippen LogP contribution in [0.15, 0.2) is 45.3 Å². The van der Waals surface area contributed by atoms with E-state index < -0.39 is 12.2 Å². The van der Waals surface area contributed by atoms with Crippen LogP contribution in [0.25, 0.3) is 0 Å². The maximum absolute atomic E-state index is 14.0. The molecule has 0 saturated carbocycles. The largest absolute Gasteiger partial charge is 0.436 e. The molecule has 248 valence electrons. The number of carbonyl (C=O) groups excluding carboxylic acids is 3. The highest BCUT2D eigenvalue weighted by Gasteiger charge is 2.36. The van der Waals surface area contributed by atoms with Gasteiger partial charge in [0.1, 0.15) is 0 Å². The van der Waals surface area contributed by atoms with E-state index >= 15 is 0 Å². The van der Waals surface area contributed by atoms with Crippen LogP contribution in [0.4, 0.5) is 15.3 Å². The summed E-state index contributed by atoms with van der Waals surface area (Å²) in [7, 11) is 0. The van der Waals surface area contributed by atoms with Gasteiger partial charge in [-0.15, -0.1) is 0 Å². The normalized spacial score (nSPS) is 20.9. The van der Waals surface area contributed by atoms with Crippen LogP contribution in [-0.4, -0.2) is 115 Å². The molecule has 0 radical (unpaired) electrons. The predicted molar refractivity (Wildman–Crippen MR) is 185 cm³/mol. The third kappa shape index (κ3) is 7.72. The summed E-state index contributed by atoms with van der Waals surface area (Å²) in [6.07, 6.45) is 2.88. The van der Waals surface area contributed by atoms with Gasteiger partial charge in [-0.05, 0) is 73.9 Å². The number of nitrogens with one attached hydrogen (secondary N) is 2. The van der Waals surface area contributed by atoms with E-state index in [9.17, 15) is 14.4 Å². The molecule has 0 bridgehead atoms. The Hall–Kier alpha value is -2.67. The standard InChI is InChI=1S/C34H44Br2N6O4/c1-23-28(35)20-24(21-29(23)36)22-31(32(43)40-13-7-26(8-14-40)39-18-11-37-12-19-39)46-34(45)41-15-9-27(10-16-41)42-17-6-25-4-2-3-5-30(25)38-33(42)44/h2-5,20-21,26-27,31,37H,6-19,22H2,1H3,(H,38,44). The van der Waals surface area contributed by atoms with Crippen molar-refractivity contribution in [2.75, 3.05) is 64.2 Å². The average Bonchev–Trinajstić information content (AvgIpc) is 3.25. The first-order valence-corrected chi connectivity index (χ1v) is 18.1.